The van der Waals surface area contributed by atoms with Gasteiger partial charge >= 0.3 is 12.3 Å². The Morgan fingerprint density at radius 3 is 2.45 bits per heavy atom. The molecule has 1 atom stereocenters. The van der Waals surface area contributed by atoms with Gasteiger partial charge in [-0.15, -0.1) is 19.6 Å². The van der Waals surface area contributed by atoms with Crippen LogP contribution in [0.15, 0.2) is 24.3 Å². The number of alkyl halides is 3. The van der Waals surface area contributed by atoms with Crippen LogP contribution < -0.4 is 10.1 Å². The summed E-state index contributed by atoms with van der Waals surface area (Å²) in [6.45, 7) is 0.112. The molecule has 0 radical (unpaired) electrons. The fraction of sp³-hybridized carbons (Fsp3) is 0.308. The number of methoxy groups -OCH3 is 1. The maximum Gasteiger partial charge on any atom is 0.573 e. The maximum absolute atomic E-state index is 12.0. The maximum atomic E-state index is 12.0. The predicted molar refractivity (Wildman–Crippen MR) is 64.7 cm³/mol. The van der Waals surface area contributed by atoms with Crippen molar-refractivity contribution in [2.24, 2.45) is 0 Å². The molecule has 0 fully saturated rings. The van der Waals surface area contributed by atoms with Gasteiger partial charge in [0.1, 0.15) is 11.8 Å². The normalized spacial score (nSPS) is 12.3. The molecule has 1 aromatic carbocycles. The topological polar surface area (TPSA) is 47.6 Å². The number of carbonyl (C=O) groups excluding carboxylic acids is 1. The van der Waals surface area contributed by atoms with Gasteiger partial charge in [-0.25, -0.2) is 4.79 Å². The Morgan fingerprint density at radius 1 is 1.40 bits per heavy atom. The second-order valence-corrected chi connectivity index (χ2v) is 3.66. The van der Waals surface area contributed by atoms with Crippen molar-refractivity contribution in [1.29, 1.82) is 0 Å². The summed E-state index contributed by atoms with van der Waals surface area (Å²) in [6.07, 6.45) is 0.321. The summed E-state index contributed by atoms with van der Waals surface area (Å²) in [5.74, 6) is 1.33. The molecule has 0 heterocycles. The molecule has 0 spiro atoms. The molecule has 0 bridgehead atoms. The number of carbonyl (C=O) groups is 1. The number of hydrogen-bond acceptors (Lipinski definition) is 4. The van der Waals surface area contributed by atoms with E-state index in [1.54, 1.807) is 0 Å². The van der Waals surface area contributed by atoms with Crippen molar-refractivity contribution in [2.45, 2.75) is 12.4 Å². The number of halogens is 3. The Labute approximate surface area is 113 Å². The first kappa shape index (κ1) is 15.9. The van der Waals surface area contributed by atoms with Crippen LogP contribution in [0.3, 0.4) is 0 Å². The summed E-state index contributed by atoms with van der Waals surface area (Å²) in [5, 5.41) is 2.73. The molecule has 0 saturated carbocycles. The Bertz CT molecular complexity index is 491. The molecule has 0 aliphatic carbocycles. The fourth-order valence-corrected chi connectivity index (χ4v) is 1.48. The van der Waals surface area contributed by atoms with Gasteiger partial charge in [0.25, 0.3) is 0 Å². The van der Waals surface area contributed by atoms with Crippen molar-refractivity contribution in [3.05, 3.63) is 29.8 Å². The average molecular weight is 287 g/mol. The first-order valence-electron chi connectivity index (χ1n) is 5.47. The van der Waals surface area contributed by atoms with E-state index in [0.29, 0.717) is 5.56 Å². The number of terminal acetylenes is 1. The number of ether oxygens (including phenoxy) is 2. The molecule has 1 N–H and O–H groups in total. The lowest BCUT2D eigenvalue weighted by Crippen LogP contribution is -2.29. The van der Waals surface area contributed by atoms with Gasteiger partial charge < -0.3 is 9.47 Å². The fourth-order valence-electron chi connectivity index (χ4n) is 1.48. The minimum atomic E-state index is -4.76. The van der Waals surface area contributed by atoms with E-state index < -0.39 is 18.4 Å². The van der Waals surface area contributed by atoms with Crippen molar-refractivity contribution in [3.8, 4) is 18.1 Å². The highest BCUT2D eigenvalue weighted by atomic mass is 19.4. The van der Waals surface area contributed by atoms with Crippen molar-refractivity contribution in [1.82, 2.24) is 5.32 Å². The van der Waals surface area contributed by atoms with Crippen molar-refractivity contribution >= 4 is 5.97 Å². The van der Waals surface area contributed by atoms with Gasteiger partial charge in [-0.1, -0.05) is 18.1 Å². The number of nitrogens with one attached hydrogen (secondary N) is 1. The Kier molecular flexibility index (Phi) is 5.41. The standard InChI is InChI=1S/C13H12F3NO3/c1-3-8-17-11(12(18)19-2)9-4-6-10(7-5-9)20-13(14,15)16/h1,4-7,11,17H,8H2,2H3. The lowest BCUT2D eigenvalue weighted by molar-refractivity contribution is -0.274. The molecule has 1 unspecified atom stereocenters. The highest BCUT2D eigenvalue weighted by Crippen LogP contribution is 2.24. The minimum absolute atomic E-state index is 0.112. The van der Waals surface area contributed by atoms with E-state index in [1.165, 1.54) is 19.2 Å². The van der Waals surface area contributed by atoms with Gasteiger partial charge in [0.2, 0.25) is 0 Å². The van der Waals surface area contributed by atoms with E-state index in [-0.39, 0.29) is 12.3 Å². The van der Waals surface area contributed by atoms with Gasteiger partial charge in [-0.05, 0) is 17.7 Å². The van der Waals surface area contributed by atoms with Gasteiger partial charge in [0.15, 0.2) is 0 Å². The highest BCUT2D eigenvalue weighted by Gasteiger charge is 2.31. The first-order chi connectivity index (χ1) is 9.37. The molecule has 1 rings (SSSR count). The van der Waals surface area contributed by atoms with E-state index in [2.05, 4.69) is 20.7 Å². The monoisotopic (exact) mass is 287 g/mol. The summed E-state index contributed by atoms with van der Waals surface area (Å²) in [5.41, 5.74) is 0.418. The van der Waals surface area contributed by atoms with Crippen LogP contribution in [-0.2, 0) is 9.53 Å². The molecule has 0 saturated heterocycles. The van der Waals surface area contributed by atoms with Crippen molar-refractivity contribution < 1.29 is 27.4 Å². The molecule has 0 amide bonds. The highest BCUT2D eigenvalue weighted by molar-refractivity contribution is 5.77. The number of rotatable bonds is 5. The lowest BCUT2D eigenvalue weighted by Gasteiger charge is -2.16. The zero-order valence-corrected chi connectivity index (χ0v) is 10.5. The quantitative estimate of drug-likeness (QED) is 0.665. The number of esters is 1. The Balaban J connectivity index is 2.87. The molecule has 20 heavy (non-hydrogen) atoms. The summed E-state index contributed by atoms with van der Waals surface area (Å²) >= 11 is 0. The smallest absolute Gasteiger partial charge is 0.468 e. The molecule has 4 nitrogen and oxygen atoms in total. The minimum Gasteiger partial charge on any atom is -0.468 e. The van der Waals surface area contributed by atoms with Crippen molar-refractivity contribution in [2.75, 3.05) is 13.7 Å². The summed E-state index contributed by atoms with van der Waals surface area (Å²) in [6, 6.07) is 4.02. The number of hydrogen-bond donors (Lipinski definition) is 1. The predicted octanol–water partition coefficient (Wildman–Crippen LogP) is 2.02. The summed E-state index contributed by atoms with van der Waals surface area (Å²) in [4.78, 5) is 11.6. The largest absolute Gasteiger partial charge is 0.573 e. The summed E-state index contributed by atoms with van der Waals surface area (Å²) < 4.78 is 44.4. The van der Waals surface area contributed by atoms with E-state index in [4.69, 9.17) is 6.42 Å². The van der Waals surface area contributed by atoms with Crippen LogP contribution in [0.5, 0.6) is 5.75 Å². The molecule has 7 heteroatoms. The Hall–Kier alpha value is -2.20. The van der Waals surface area contributed by atoms with E-state index >= 15 is 0 Å². The zero-order valence-electron chi connectivity index (χ0n) is 10.5. The molecular formula is C13H12F3NO3. The second-order valence-electron chi connectivity index (χ2n) is 3.66. The van der Waals surface area contributed by atoms with Crippen LogP contribution in [0.1, 0.15) is 11.6 Å². The molecule has 0 aliphatic heterocycles. The third kappa shape index (κ3) is 4.82. The first-order valence-corrected chi connectivity index (χ1v) is 5.47. The average Bonchev–Trinajstić information content (AvgIpc) is 2.38. The van der Waals surface area contributed by atoms with Crippen LogP contribution in [0.25, 0.3) is 0 Å². The molecule has 0 aromatic heterocycles. The van der Waals surface area contributed by atoms with Crippen LogP contribution >= 0.6 is 0 Å². The summed E-state index contributed by atoms with van der Waals surface area (Å²) in [7, 11) is 1.20. The van der Waals surface area contributed by atoms with Crippen LogP contribution in [0.2, 0.25) is 0 Å². The molecule has 0 aliphatic rings. The third-order valence-corrected chi connectivity index (χ3v) is 2.29. The molecular weight excluding hydrogens is 275 g/mol. The van der Waals surface area contributed by atoms with Gasteiger partial charge in [0, 0.05) is 0 Å². The Morgan fingerprint density at radius 2 is 2.00 bits per heavy atom. The molecule has 108 valence electrons. The van der Waals surface area contributed by atoms with Gasteiger partial charge in [0.05, 0.1) is 13.7 Å². The number of benzene rings is 1. The SMILES string of the molecule is C#CCNC(C(=O)OC)c1ccc(OC(F)(F)F)cc1. The molecule has 1 aromatic rings. The van der Waals surface area contributed by atoms with Crippen LogP contribution in [0.4, 0.5) is 13.2 Å². The van der Waals surface area contributed by atoms with Crippen molar-refractivity contribution in [3.63, 3.8) is 0 Å². The van der Waals surface area contributed by atoms with Gasteiger partial charge in [-0.3, -0.25) is 5.32 Å². The van der Waals surface area contributed by atoms with E-state index in [9.17, 15) is 18.0 Å². The van der Waals surface area contributed by atoms with E-state index in [0.717, 1.165) is 12.1 Å². The van der Waals surface area contributed by atoms with Gasteiger partial charge in [-0.2, -0.15) is 0 Å². The third-order valence-electron chi connectivity index (χ3n) is 2.29. The van der Waals surface area contributed by atoms with Crippen LogP contribution in [0, 0.1) is 12.3 Å². The zero-order chi connectivity index (χ0) is 15.2. The van der Waals surface area contributed by atoms with Crippen LogP contribution in [-0.4, -0.2) is 26.0 Å². The second kappa shape index (κ2) is 6.82. The lowest BCUT2D eigenvalue weighted by atomic mass is 10.1. The van der Waals surface area contributed by atoms with E-state index in [1.807, 2.05) is 0 Å².